The molecule has 3 fully saturated rings. The SMILES string of the molecule is C[C@@H](C(=O)N1C(=O)O[C@@H]2C[C@H]3CC[C@]21C3(C)C)[C@@H](O)c1ccco1. The van der Waals surface area contributed by atoms with Gasteiger partial charge in [-0.1, -0.05) is 20.8 Å². The third kappa shape index (κ3) is 1.69. The Morgan fingerprint density at radius 3 is 2.83 bits per heavy atom. The molecule has 3 aliphatic rings. The minimum Gasteiger partial charge on any atom is -0.467 e. The van der Waals surface area contributed by atoms with Gasteiger partial charge in [-0.05, 0) is 42.7 Å². The summed E-state index contributed by atoms with van der Waals surface area (Å²) >= 11 is 0. The Balaban J connectivity index is 1.67. The molecule has 2 bridgehead atoms. The second kappa shape index (κ2) is 4.85. The fourth-order valence-electron chi connectivity index (χ4n) is 5.23. The van der Waals surface area contributed by atoms with Crippen LogP contribution in [-0.2, 0) is 9.53 Å². The van der Waals surface area contributed by atoms with Gasteiger partial charge in [-0.2, -0.15) is 0 Å². The Bertz CT molecular complexity index is 682. The highest BCUT2D eigenvalue weighted by atomic mass is 16.6. The number of rotatable bonds is 3. The fraction of sp³-hybridized carbons (Fsp3) is 0.667. The number of amides is 2. The van der Waals surface area contributed by atoms with Crippen molar-refractivity contribution in [2.45, 2.75) is 57.8 Å². The summed E-state index contributed by atoms with van der Waals surface area (Å²) in [4.78, 5) is 26.9. The zero-order valence-corrected chi connectivity index (χ0v) is 14.2. The van der Waals surface area contributed by atoms with Crippen LogP contribution < -0.4 is 0 Å². The number of furan rings is 1. The van der Waals surface area contributed by atoms with Gasteiger partial charge in [0.1, 0.15) is 18.0 Å². The first-order valence-corrected chi connectivity index (χ1v) is 8.57. The van der Waals surface area contributed by atoms with Crippen molar-refractivity contribution in [1.82, 2.24) is 4.90 Å². The first-order valence-electron chi connectivity index (χ1n) is 8.57. The van der Waals surface area contributed by atoms with E-state index in [4.69, 9.17) is 9.15 Å². The lowest BCUT2D eigenvalue weighted by molar-refractivity contribution is -0.142. The van der Waals surface area contributed by atoms with Crippen LogP contribution >= 0.6 is 0 Å². The van der Waals surface area contributed by atoms with Crippen LogP contribution in [-0.4, -0.2) is 33.6 Å². The van der Waals surface area contributed by atoms with Crippen molar-refractivity contribution in [3.05, 3.63) is 24.2 Å². The van der Waals surface area contributed by atoms with Crippen LogP contribution in [0, 0.1) is 17.3 Å². The normalized spacial score (nSPS) is 35.7. The smallest absolute Gasteiger partial charge is 0.417 e. The fourth-order valence-corrected chi connectivity index (χ4v) is 5.23. The number of aliphatic hydroxyl groups excluding tert-OH is 1. The van der Waals surface area contributed by atoms with Crippen LogP contribution in [0.3, 0.4) is 0 Å². The number of aliphatic hydroxyl groups is 1. The molecular weight excluding hydrogens is 310 g/mol. The van der Waals surface area contributed by atoms with E-state index in [9.17, 15) is 14.7 Å². The Morgan fingerprint density at radius 1 is 1.46 bits per heavy atom. The molecule has 2 heterocycles. The third-order valence-corrected chi connectivity index (χ3v) is 6.78. The lowest BCUT2D eigenvalue weighted by atomic mass is 9.74. The highest BCUT2D eigenvalue weighted by Crippen LogP contribution is 2.66. The van der Waals surface area contributed by atoms with Crippen molar-refractivity contribution in [2.75, 3.05) is 0 Å². The lowest BCUT2D eigenvalue weighted by Crippen LogP contribution is -2.58. The van der Waals surface area contributed by atoms with E-state index in [1.165, 1.54) is 11.2 Å². The zero-order valence-electron chi connectivity index (χ0n) is 14.2. The summed E-state index contributed by atoms with van der Waals surface area (Å²) in [5.74, 6) is -0.391. The first kappa shape index (κ1) is 15.7. The highest BCUT2D eigenvalue weighted by Gasteiger charge is 2.74. The quantitative estimate of drug-likeness (QED) is 0.920. The Kier molecular flexibility index (Phi) is 3.17. The maximum atomic E-state index is 13.1. The number of nitrogens with zero attached hydrogens (tertiary/aromatic N) is 1. The molecule has 4 rings (SSSR count). The Morgan fingerprint density at radius 2 is 2.21 bits per heavy atom. The number of carbonyl (C=O) groups excluding carboxylic acids is 2. The van der Waals surface area contributed by atoms with E-state index in [-0.39, 0.29) is 17.4 Å². The molecule has 2 amide bonds. The van der Waals surface area contributed by atoms with E-state index >= 15 is 0 Å². The molecule has 6 heteroatoms. The van der Waals surface area contributed by atoms with Crippen LogP contribution in [0.15, 0.2) is 22.8 Å². The van der Waals surface area contributed by atoms with Gasteiger partial charge in [-0.3, -0.25) is 4.79 Å². The number of fused-ring (bicyclic) bond motifs is 1. The van der Waals surface area contributed by atoms with Crippen molar-refractivity contribution >= 4 is 12.0 Å². The second-order valence-corrected chi connectivity index (χ2v) is 7.91. The van der Waals surface area contributed by atoms with E-state index < -0.39 is 23.7 Å². The minimum absolute atomic E-state index is 0.172. The van der Waals surface area contributed by atoms with E-state index in [0.29, 0.717) is 11.7 Å². The summed E-state index contributed by atoms with van der Waals surface area (Å²) in [6.07, 6.45) is 2.16. The lowest BCUT2D eigenvalue weighted by Gasteiger charge is -2.42. The predicted octanol–water partition coefficient (Wildman–Crippen LogP) is 2.88. The molecule has 0 unspecified atom stereocenters. The molecule has 0 radical (unpaired) electrons. The van der Waals surface area contributed by atoms with E-state index in [2.05, 4.69) is 13.8 Å². The standard InChI is InChI=1S/C18H23NO5/c1-10(14(20)12-5-4-8-23-12)15(21)19-16(22)24-13-9-11-6-7-18(13,19)17(11,2)3/h4-5,8,10-11,13-14,20H,6-7,9H2,1-3H3/t10-,11-,13-,14-,18-/m1/s1. The molecule has 24 heavy (non-hydrogen) atoms. The second-order valence-electron chi connectivity index (χ2n) is 7.91. The van der Waals surface area contributed by atoms with Crippen LogP contribution in [0.2, 0.25) is 0 Å². The first-order chi connectivity index (χ1) is 11.3. The third-order valence-electron chi connectivity index (χ3n) is 6.78. The van der Waals surface area contributed by atoms with Crippen molar-refractivity contribution in [3.8, 4) is 0 Å². The van der Waals surface area contributed by atoms with Gasteiger partial charge in [0.05, 0.1) is 17.7 Å². The van der Waals surface area contributed by atoms with Gasteiger partial charge < -0.3 is 14.3 Å². The van der Waals surface area contributed by atoms with Crippen LogP contribution in [0.1, 0.15) is 51.9 Å². The topological polar surface area (TPSA) is 80.0 Å². The number of imide groups is 1. The average molecular weight is 333 g/mol. The number of hydrogen-bond donors (Lipinski definition) is 1. The van der Waals surface area contributed by atoms with Crippen molar-refractivity contribution < 1.29 is 23.8 Å². The molecule has 5 atom stereocenters. The molecule has 2 aliphatic carbocycles. The largest absolute Gasteiger partial charge is 0.467 e. The van der Waals surface area contributed by atoms with Gasteiger partial charge in [0.25, 0.3) is 0 Å². The molecule has 1 spiro atoms. The molecule has 1 saturated heterocycles. The number of hydrogen-bond acceptors (Lipinski definition) is 5. The zero-order chi connectivity index (χ0) is 17.3. The summed E-state index contributed by atoms with van der Waals surface area (Å²) in [7, 11) is 0. The van der Waals surface area contributed by atoms with Gasteiger partial charge >= 0.3 is 6.09 Å². The average Bonchev–Trinajstić information content (AvgIpc) is 3.26. The van der Waals surface area contributed by atoms with Crippen LogP contribution in [0.5, 0.6) is 0 Å². The molecule has 6 nitrogen and oxygen atoms in total. The summed E-state index contributed by atoms with van der Waals surface area (Å²) in [5, 5.41) is 10.4. The summed E-state index contributed by atoms with van der Waals surface area (Å²) in [5.41, 5.74) is -0.752. The van der Waals surface area contributed by atoms with Crippen molar-refractivity contribution in [3.63, 3.8) is 0 Å². The molecule has 0 aromatic carbocycles. The Labute approximate surface area is 140 Å². The van der Waals surface area contributed by atoms with Gasteiger partial charge in [0, 0.05) is 0 Å². The number of ether oxygens (including phenoxy) is 1. The number of carbonyl (C=O) groups is 2. The summed E-state index contributed by atoms with van der Waals surface area (Å²) in [6.45, 7) is 5.88. The van der Waals surface area contributed by atoms with E-state index in [1.807, 2.05) is 0 Å². The predicted molar refractivity (Wildman–Crippen MR) is 83.8 cm³/mol. The molecule has 1 aliphatic heterocycles. The highest BCUT2D eigenvalue weighted by molar-refractivity contribution is 5.96. The Hall–Kier alpha value is -1.82. The molecule has 1 aromatic heterocycles. The van der Waals surface area contributed by atoms with E-state index in [0.717, 1.165) is 19.3 Å². The minimum atomic E-state index is -1.09. The monoisotopic (exact) mass is 333 g/mol. The maximum absolute atomic E-state index is 13.1. The van der Waals surface area contributed by atoms with Gasteiger partial charge in [-0.25, -0.2) is 9.69 Å². The van der Waals surface area contributed by atoms with Gasteiger partial charge in [0.15, 0.2) is 0 Å². The maximum Gasteiger partial charge on any atom is 0.417 e. The molecule has 1 aromatic rings. The van der Waals surface area contributed by atoms with Gasteiger partial charge in [-0.15, -0.1) is 0 Å². The summed E-state index contributed by atoms with van der Waals surface area (Å²) in [6, 6.07) is 3.29. The van der Waals surface area contributed by atoms with Crippen LogP contribution in [0.4, 0.5) is 4.79 Å². The van der Waals surface area contributed by atoms with Crippen molar-refractivity contribution in [2.24, 2.45) is 17.3 Å². The molecule has 2 saturated carbocycles. The van der Waals surface area contributed by atoms with Crippen LogP contribution in [0.25, 0.3) is 0 Å². The summed E-state index contributed by atoms with van der Waals surface area (Å²) < 4.78 is 10.8. The van der Waals surface area contributed by atoms with E-state index in [1.54, 1.807) is 19.1 Å². The molecular formula is C18H23NO5. The molecule has 130 valence electrons. The van der Waals surface area contributed by atoms with Crippen molar-refractivity contribution in [1.29, 1.82) is 0 Å². The molecule has 1 N–H and O–H groups in total. The van der Waals surface area contributed by atoms with Gasteiger partial charge in [0.2, 0.25) is 5.91 Å².